The average Bonchev–Trinajstić information content (AvgIpc) is 2.67. The minimum Gasteiger partial charge on any atom is -0.497 e. The highest BCUT2D eigenvalue weighted by molar-refractivity contribution is 7.89. The maximum Gasteiger partial charge on any atom is 0.241 e. The largest absolute Gasteiger partial charge is 0.497 e. The van der Waals surface area contributed by atoms with E-state index in [0.717, 1.165) is 11.3 Å². The van der Waals surface area contributed by atoms with Gasteiger partial charge in [0.05, 0.1) is 25.1 Å². The molecular weight excluding hydrogens is 384 g/mol. The number of hydrazone groups is 1. The lowest BCUT2D eigenvalue weighted by Crippen LogP contribution is -2.33. The summed E-state index contributed by atoms with van der Waals surface area (Å²) in [4.78, 5) is 10.7. The molecule has 2 aromatic carbocycles. The number of hydrazine groups is 1. The minimum absolute atomic E-state index is 0.0341. The molecular formula is C17H22N6O4S. The average molecular weight is 406 g/mol. The molecule has 28 heavy (non-hydrogen) atoms. The number of carbonyl (C=O) groups is 1. The Bertz CT molecular complexity index is 943. The summed E-state index contributed by atoms with van der Waals surface area (Å²) < 4.78 is 31.2. The Morgan fingerprint density at radius 2 is 1.71 bits per heavy atom. The fourth-order valence-corrected chi connectivity index (χ4v) is 3.20. The number of hydrogen-bond donors (Lipinski definition) is 4. The van der Waals surface area contributed by atoms with E-state index in [1.807, 2.05) is 24.3 Å². The van der Waals surface area contributed by atoms with E-state index in [2.05, 4.69) is 9.82 Å². The smallest absolute Gasteiger partial charge is 0.241 e. The molecule has 0 saturated heterocycles. The third-order valence-corrected chi connectivity index (χ3v) is 5.05. The molecule has 0 unspecified atom stereocenters. The predicted octanol–water partition coefficient (Wildman–Crippen LogP) is -0.545. The molecule has 2 rings (SSSR count). The van der Waals surface area contributed by atoms with Gasteiger partial charge in [-0.05, 0) is 42.0 Å². The van der Waals surface area contributed by atoms with Crippen molar-refractivity contribution >= 4 is 21.8 Å². The summed E-state index contributed by atoms with van der Waals surface area (Å²) in [5, 5.41) is 5.26. The second kappa shape index (κ2) is 9.17. The number of methoxy groups -OCH3 is 1. The zero-order chi connectivity index (χ0) is 20.7. The van der Waals surface area contributed by atoms with Crippen LogP contribution in [0.1, 0.15) is 11.1 Å². The summed E-state index contributed by atoms with van der Waals surface area (Å²) in [7, 11) is -2.26. The van der Waals surface area contributed by atoms with Gasteiger partial charge in [-0.15, -0.1) is 5.10 Å². The molecule has 150 valence electrons. The van der Waals surface area contributed by atoms with Gasteiger partial charge in [0.25, 0.3) is 0 Å². The van der Waals surface area contributed by atoms with Gasteiger partial charge in [0.2, 0.25) is 15.9 Å². The molecule has 0 aliphatic carbocycles. The van der Waals surface area contributed by atoms with Crippen molar-refractivity contribution in [3.63, 3.8) is 0 Å². The number of primary amides is 1. The van der Waals surface area contributed by atoms with Crippen molar-refractivity contribution in [1.82, 2.24) is 9.84 Å². The van der Waals surface area contributed by atoms with Gasteiger partial charge in [-0.3, -0.25) is 4.79 Å². The Hall–Kier alpha value is -3.15. The number of amides is 1. The molecule has 0 aromatic heterocycles. The number of nitrogens with zero attached hydrogens (tertiary/aromatic N) is 2. The van der Waals surface area contributed by atoms with Crippen molar-refractivity contribution in [2.75, 3.05) is 13.7 Å². The van der Waals surface area contributed by atoms with Gasteiger partial charge in [-0.2, -0.15) is 0 Å². The zero-order valence-corrected chi connectivity index (χ0v) is 16.0. The summed E-state index contributed by atoms with van der Waals surface area (Å²) in [5.41, 5.74) is 12.3. The number of amidine groups is 1. The Morgan fingerprint density at radius 1 is 1.11 bits per heavy atom. The number of hydrogen-bond acceptors (Lipinski definition) is 7. The standard InChI is InChI=1S/C17H22N6O4S/c1-27-14-6-2-12(3-7-14)11-23(20)22-17(19)13-4-8-15(9-5-13)28(25,26)21-10-16(18)24/h2-9,21H,10-11,20H2,1H3,(H2,18,24)(H2,19,22). The number of nitrogens with one attached hydrogen (secondary N) is 1. The highest BCUT2D eigenvalue weighted by Crippen LogP contribution is 2.13. The van der Waals surface area contributed by atoms with Gasteiger partial charge in [-0.1, -0.05) is 12.1 Å². The van der Waals surface area contributed by atoms with Gasteiger partial charge in [0, 0.05) is 5.56 Å². The molecule has 0 heterocycles. The lowest BCUT2D eigenvalue weighted by atomic mass is 10.2. The fourth-order valence-electron chi connectivity index (χ4n) is 2.20. The van der Waals surface area contributed by atoms with Crippen LogP contribution in [-0.2, 0) is 21.4 Å². The van der Waals surface area contributed by atoms with Gasteiger partial charge >= 0.3 is 0 Å². The first-order valence-electron chi connectivity index (χ1n) is 8.09. The molecule has 0 saturated carbocycles. The number of rotatable bonds is 9. The van der Waals surface area contributed by atoms with E-state index >= 15 is 0 Å². The van der Waals surface area contributed by atoms with Gasteiger partial charge in [-0.25, -0.2) is 24.1 Å². The van der Waals surface area contributed by atoms with Crippen molar-refractivity contribution in [3.05, 3.63) is 59.7 Å². The summed E-state index contributed by atoms with van der Waals surface area (Å²) in [6.45, 7) is -0.171. The van der Waals surface area contributed by atoms with Gasteiger partial charge in [0.15, 0.2) is 5.84 Å². The third-order valence-electron chi connectivity index (χ3n) is 3.64. The maximum atomic E-state index is 12.0. The highest BCUT2D eigenvalue weighted by atomic mass is 32.2. The first-order valence-corrected chi connectivity index (χ1v) is 9.57. The number of ether oxygens (including phenoxy) is 1. The minimum atomic E-state index is -3.84. The molecule has 11 heteroatoms. The molecule has 7 N–H and O–H groups in total. The van der Waals surface area contributed by atoms with Crippen LogP contribution < -0.4 is 26.8 Å². The van der Waals surface area contributed by atoms with Crippen molar-refractivity contribution in [3.8, 4) is 5.75 Å². The summed E-state index contributed by atoms with van der Waals surface area (Å²) in [6.07, 6.45) is 0. The van der Waals surface area contributed by atoms with Crippen molar-refractivity contribution in [2.24, 2.45) is 22.4 Å². The van der Waals surface area contributed by atoms with Crippen LogP contribution in [0.5, 0.6) is 5.75 Å². The molecule has 0 aliphatic rings. The SMILES string of the molecule is COc1ccc(CN(N)/N=C(\N)c2ccc(S(=O)(=O)NCC(N)=O)cc2)cc1. The Balaban J connectivity index is 2.06. The second-order valence-electron chi connectivity index (χ2n) is 5.75. The Kier molecular flexibility index (Phi) is 6.93. The molecule has 1 amide bonds. The van der Waals surface area contributed by atoms with Crippen LogP contribution in [0.4, 0.5) is 0 Å². The molecule has 0 radical (unpaired) electrons. The molecule has 0 spiro atoms. The van der Waals surface area contributed by atoms with Crippen LogP contribution in [0.15, 0.2) is 58.5 Å². The lowest BCUT2D eigenvalue weighted by molar-refractivity contribution is -0.116. The number of benzene rings is 2. The van der Waals surface area contributed by atoms with Crippen molar-refractivity contribution in [2.45, 2.75) is 11.4 Å². The van der Waals surface area contributed by atoms with Crippen molar-refractivity contribution < 1.29 is 17.9 Å². The topological polar surface area (TPSA) is 166 Å². The van der Waals surface area contributed by atoms with Gasteiger partial charge in [0.1, 0.15) is 5.75 Å². The normalized spacial score (nSPS) is 11.9. The van der Waals surface area contributed by atoms with Crippen LogP contribution in [0.2, 0.25) is 0 Å². The zero-order valence-electron chi connectivity index (χ0n) is 15.2. The van der Waals surface area contributed by atoms with E-state index in [-0.39, 0.29) is 10.7 Å². The van der Waals surface area contributed by atoms with Gasteiger partial charge < -0.3 is 16.2 Å². The Labute approximate surface area is 163 Å². The second-order valence-corrected chi connectivity index (χ2v) is 7.51. The monoisotopic (exact) mass is 406 g/mol. The predicted molar refractivity (Wildman–Crippen MR) is 104 cm³/mol. The Morgan fingerprint density at radius 3 is 2.25 bits per heavy atom. The highest BCUT2D eigenvalue weighted by Gasteiger charge is 2.15. The van der Waals surface area contributed by atoms with E-state index in [0.29, 0.717) is 12.1 Å². The first-order chi connectivity index (χ1) is 13.2. The molecule has 2 aromatic rings. The number of carbonyl (C=O) groups excluding carboxylic acids is 1. The molecule has 0 fully saturated rings. The van der Waals surface area contributed by atoms with Crippen LogP contribution in [-0.4, -0.2) is 38.9 Å². The summed E-state index contributed by atoms with van der Waals surface area (Å²) in [6, 6.07) is 13.0. The van der Waals surface area contributed by atoms with Crippen LogP contribution >= 0.6 is 0 Å². The fraction of sp³-hybridized carbons (Fsp3) is 0.176. The van der Waals surface area contributed by atoms with E-state index < -0.39 is 22.5 Å². The van der Waals surface area contributed by atoms with Crippen LogP contribution in [0.25, 0.3) is 0 Å². The quantitative estimate of drug-likeness (QED) is 0.188. The van der Waals surface area contributed by atoms with E-state index in [1.165, 1.54) is 29.4 Å². The van der Waals surface area contributed by atoms with E-state index in [4.69, 9.17) is 22.0 Å². The lowest BCUT2D eigenvalue weighted by Gasteiger charge is -2.14. The summed E-state index contributed by atoms with van der Waals surface area (Å²) in [5.74, 6) is 5.93. The molecule has 10 nitrogen and oxygen atoms in total. The van der Waals surface area contributed by atoms with E-state index in [9.17, 15) is 13.2 Å². The molecule has 0 bridgehead atoms. The van der Waals surface area contributed by atoms with E-state index in [1.54, 1.807) is 7.11 Å². The van der Waals surface area contributed by atoms with Crippen LogP contribution in [0.3, 0.4) is 0 Å². The third kappa shape index (κ3) is 5.94. The van der Waals surface area contributed by atoms with Crippen molar-refractivity contribution in [1.29, 1.82) is 0 Å². The maximum absolute atomic E-state index is 12.0. The van der Waals surface area contributed by atoms with Crippen LogP contribution in [0, 0.1) is 0 Å². The number of nitrogens with two attached hydrogens (primary N) is 3. The summed E-state index contributed by atoms with van der Waals surface area (Å²) >= 11 is 0. The first kappa shape index (κ1) is 21.2. The molecule has 0 aliphatic heterocycles. The number of sulfonamides is 1. The molecule has 0 atom stereocenters.